The number of nitriles is 1. The number of carbonyl (C=O) groups is 1. The van der Waals surface area contributed by atoms with Gasteiger partial charge in [0.05, 0.1) is 11.6 Å². The summed E-state index contributed by atoms with van der Waals surface area (Å²) in [6.07, 6.45) is 2.37. The Morgan fingerprint density at radius 3 is 2.79 bits per heavy atom. The van der Waals surface area contributed by atoms with Crippen molar-refractivity contribution < 1.29 is 9.90 Å². The highest BCUT2D eigenvalue weighted by molar-refractivity contribution is 6.32. The average molecular weight is 208 g/mol. The summed E-state index contributed by atoms with van der Waals surface area (Å²) in [7, 11) is 0. The van der Waals surface area contributed by atoms with Crippen LogP contribution >= 0.6 is 11.6 Å². The molecule has 1 rings (SSSR count). The number of hydrogen-bond acceptors (Lipinski definition) is 2. The Hall–Kier alpha value is -1.79. The third kappa shape index (κ3) is 2.61. The summed E-state index contributed by atoms with van der Waals surface area (Å²) in [6, 6.07) is 6.60. The first-order valence-corrected chi connectivity index (χ1v) is 4.12. The number of benzene rings is 1. The van der Waals surface area contributed by atoms with Gasteiger partial charge in [-0.05, 0) is 23.8 Å². The molecule has 0 aromatic heterocycles. The van der Waals surface area contributed by atoms with E-state index in [9.17, 15) is 4.79 Å². The smallest absolute Gasteiger partial charge is 0.328 e. The van der Waals surface area contributed by atoms with Gasteiger partial charge in [0, 0.05) is 11.1 Å². The lowest BCUT2D eigenvalue weighted by Crippen LogP contribution is -1.86. The van der Waals surface area contributed by atoms with Gasteiger partial charge in [-0.2, -0.15) is 5.26 Å². The first-order chi connectivity index (χ1) is 6.63. The zero-order chi connectivity index (χ0) is 10.6. The first kappa shape index (κ1) is 10.3. The Kier molecular flexibility index (Phi) is 3.27. The number of rotatable bonds is 2. The molecule has 70 valence electrons. The molecule has 14 heavy (non-hydrogen) atoms. The third-order valence-corrected chi connectivity index (χ3v) is 1.86. The van der Waals surface area contributed by atoms with Crippen LogP contribution in [0.15, 0.2) is 24.3 Å². The molecule has 0 bridgehead atoms. The molecule has 0 heterocycles. The van der Waals surface area contributed by atoms with Crippen molar-refractivity contribution in [3.8, 4) is 6.07 Å². The molecule has 0 aliphatic carbocycles. The van der Waals surface area contributed by atoms with E-state index in [1.54, 1.807) is 12.1 Å². The zero-order valence-corrected chi connectivity index (χ0v) is 7.82. The van der Waals surface area contributed by atoms with Crippen molar-refractivity contribution in [2.75, 3.05) is 0 Å². The average Bonchev–Trinajstić information content (AvgIpc) is 2.15. The van der Waals surface area contributed by atoms with Gasteiger partial charge in [0.25, 0.3) is 0 Å². The molecule has 0 fully saturated rings. The SMILES string of the molecule is N#Cc1ccc(C=CC(=O)O)c(Cl)c1. The summed E-state index contributed by atoms with van der Waals surface area (Å²) in [5.74, 6) is -1.04. The summed E-state index contributed by atoms with van der Waals surface area (Å²) in [5, 5.41) is 17.3. The quantitative estimate of drug-likeness (QED) is 0.757. The Morgan fingerprint density at radius 2 is 2.29 bits per heavy atom. The number of nitrogens with zero attached hydrogens (tertiary/aromatic N) is 1. The predicted molar refractivity (Wildman–Crippen MR) is 52.8 cm³/mol. The molecule has 4 heteroatoms. The number of halogens is 1. The van der Waals surface area contributed by atoms with Crippen LogP contribution < -0.4 is 0 Å². The Labute approximate surface area is 85.9 Å². The summed E-state index contributed by atoms with van der Waals surface area (Å²) in [6.45, 7) is 0. The van der Waals surface area contributed by atoms with E-state index in [4.69, 9.17) is 22.0 Å². The minimum Gasteiger partial charge on any atom is -0.478 e. The number of aliphatic carboxylic acids is 1. The summed E-state index contributed by atoms with van der Waals surface area (Å²) in [5.41, 5.74) is 1.02. The van der Waals surface area contributed by atoms with Crippen molar-refractivity contribution in [3.05, 3.63) is 40.4 Å². The summed E-state index contributed by atoms with van der Waals surface area (Å²) < 4.78 is 0. The van der Waals surface area contributed by atoms with Gasteiger partial charge < -0.3 is 5.11 Å². The minimum absolute atomic E-state index is 0.363. The first-order valence-electron chi connectivity index (χ1n) is 3.74. The maximum atomic E-state index is 10.2. The highest BCUT2D eigenvalue weighted by Gasteiger charge is 1.98. The van der Waals surface area contributed by atoms with E-state index in [0.29, 0.717) is 16.1 Å². The minimum atomic E-state index is -1.04. The van der Waals surface area contributed by atoms with Gasteiger partial charge in [-0.1, -0.05) is 17.7 Å². The van der Waals surface area contributed by atoms with Crippen LogP contribution in [-0.4, -0.2) is 11.1 Å². The van der Waals surface area contributed by atoms with Gasteiger partial charge >= 0.3 is 5.97 Å². The largest absolute Gasteiger partial charge is 0.478 e. The molecule has 0 radical (unpaired) electrons. The Morgan fingerprint density at radius 1 is 1.57 bits per heavy atom. The Bertz CT molecular complexity index is 432. The molecule has 3 nitrogen and oxygen atoms in total. The van der Waals surface area contributed by atoms with Crippen LogP contribution in [0, 0.1) is 11.3 Å². The lowest BCUT2D eigenvalue weighted by molar-refractivity contribution is -0.131. The topological polar surface area (TPSA) is 61.1 Å². The molecule has 0 spiro atoms. The maximum absolute atomic E-state index is 10.2. The fourth-order valence-corrected chi connectivity index (χ4v) is 1.14. The van der Waals surface area contributed by atoms with Crippen LogP contribution in [-0.2, 0) is 4.79 Å². The molecular formula is C10H6ClNO2. The van der Waals surface area contributed by atoms with E-state index in [1.807, 2.05) is 6.07 Å². The molecule has 0 saturated heterocycles. The lowest BCUT2D eigenvalue weighted by atomic mass is 10.1. The molecule has 0 atom stereocenters. The third-order valence-electron chi connectivity index (χ3n) is 1.54. The number of carboxylic acid groups (broad SMARTS) is 1. The molecule has 0 amide bonds. The molecular weight excluding hydrogens is 202 g/mol. The predicted octanol–water partition coefficient (Wildman–Crippen LogP) is 2.31. The molecule has 1 aromatic carbocycles. The molecule has 1 N–H and O–H groups in total. The normalized spacial score (nSPS) is 10.0. The second kappa shape index (κ2) is 4.45. The van der Waals surface area contributed by atoms with Crippen molar-refractivity contribution >= 4 is 23.6 Å². The van der Waals surface area contributed by atoms with Crippen molar-refractivity contribution in [2.24, 2.45) is 0 Å². The second-order valence-corrected chi connectivity index (χ2v) is 2.93. The van der Waals surface area contributed by atoms with E-state index in [-0.39, 0.29) is 0 Å². The van der Waals surface area contributed by atoms with Crippen LogP contribution in [0.3, 0.4) is 0 Å². The van der Waals surface area contributed by atoms with Crippen LogP contribution in [0.2, 0.25) is 5.02 Å². The Balaban J connectivity index is 3.02. The van der Waals surface area contributed by atoms with Crippen molar-refractivity contribution in [3.63, 3.8) is 0 Å². The van der Waals surface area contributed by atoms with Crippen LogP contribution in [0.1, 0.15) is 11.1 Å². The van der Waals surface area contributed by atoms with Crippen molar-refractivity contribution in [1.82, 2.24) is 0 Å². The van der Waals surface area contributed by atoms with Gasteiger partial charge in [-0.15, -0.1) is 0 Å². The van der Waals surface area contributed by atoms with Crippen LogP contribution in [0.5, 0.6) is 0 Å². The molecule has 0 unspecified atom stereocenters. The number of carboxylic acids is 1. The standard InChI is InChI=1S/C10H6ClNO2/c11-9-5-7(6-12)1-2-8(9)3-4-10(13)14/h1-5H,(H,13,14). The summed E-state index contributed by atoms with van der Waals surface area (Å²) >= 11 is 5.80. The van der Waals surface area contributed by atoms with E-state index < -0.39 is 5.97 Å². The molecule has 0 aliphatic heterocycles. The maximum Gasteiger partial charge on any atom is 0.328 e. The second-order valence-electron chi connectivity index (χ2n) is 2.52. The van der Waals surface area contributed by atoms with Gasteiger partial charge in [-0.25, -0.2) is 4.79 Å². The zero-order valence-electron chi connectivity index (χ0n) is 7.07. The molecule has 1 aromatic rings. The van der Waals surface area contributed by atoms with E-state index in [1.165, 1.54) is 12.1 Å². The van der Waals surface area contributed by atoms with Crippen LogP contribution in [0.25, 0.3) is 6.08 Å². The van der Waals surface area contributed by atoms with Gasteiger partial charge in [0.15, 0.2) is 0 Å². The van der Waals surface area contributed by atoms with Crippen molar-refractivity contribution in [1.29, 1.82) is 5.26 Å². The van der Waals surface area contributed by atoms with E-state index >= 15 is 0 Å². The number of hydrogen-bond donors (Lipinski definition) is 1. The highest BCUT2D eigenvalue weighted by atomic mass is 35.5. The van der Waals surface area contributed by atoms with Gasteiger partial charge in [-0.3, -0.25) is 0 Å². The van der Waals surface area contributed by atoms with Gasteiger partial charge in [0.1, 0.15) is 0 Å². The van der Waals surface area contributed by atoms with E-state index in [2.05, 4.69) is 0 Å². The lowest BCUT2D eigenvalue weighted by Gasteiger charge is -1.97. The van der Waals surface area contributed by atoms with Crippen molar-refractivity contribution in [2.45, 2.75) is 0 Å². The van der Waals surface area contributed by atoms with Crippen LogP contribution in [0.4, 0.5) is 0 Å². The molecule has 0 aliphatic rings. The van der Waals surface area contributed by atoms with E-state index in [0.717, 1.165) is 6.08 Å². The summed E-state index contributed by atoms with van der Waals surface area (Å²) in [4.78, 5) is 10.2. The monoisotopic (exact) mass is 207 g/mol. The fourth-order valence-electron chi connectivity index (χ4n) is 0.893. The highest BCUT2D eigenvalue weighted by Crippen LogP contribution is 2.18. The fraction of sp³-hybridized carbons (Fsp3) is 0. The van der Waals surface area contributed by atoms with Gasteiger partial charge in [0.2, 0.25) is 0 Å². The molecule has 0 saturated carbocycles.